The Morgan fingerprint density at radius 1 is 1.07 bits per heavy atom. The molecule has 2 N–H and O–H groups in total. The summed E-state index contributed by atoms with van der Waals surface area (Å²) < 4.78 is 38.0. The van der Waals surface area contributed by atoms with Gasteiger partial charge in [0.1, 0.15) is 6.54 Å². The number of hydrogen-bond acceptors (Lipinski definition) is 1. The quantitative estimate of drug-likeness (QED) is 0.808. The molecule has 4 bridgehead atoms. The maximum atomic E-state index is 12.7. The van der Waals surface area contributed by atoms with Crippen LogP contribution in [-0.4, -0.2) is 25.0 Å². The Bertz CT molecular complexity index is 663. The van der Waals surface area contributed by atoms with Gasteiger partial charge in [0.2, 0.25) is 0 Å². The lowest BCUT2D eigenvalue weighted by Gasteiger charge is -2.56. The number of benzene rings is 1. The molecule has 0 saturated heterocycles. The van der Waals surface area contributed by atoms with Crippen molar-refractivity contribution in [1.82, 2.24) is 5.32 Å². The SMILES string of the molecule is C[NH+](CC(=O)NC12CC3CC(CC(C3)C1)C2)Cc1ccc(C(F)(F)F)cc1. The van der Waals surface area contributed by atoms with E-state index in [1.54, 1.807) is 0 Å². The minimum atomic E-state index is -4.31. The summed E-state index contributed by atoms with van der Waals surface area (Å²) >= 11 is 0. The molecular formula is C21H28F3N2O+. The summed E-state index contributed by atoms with van der Waals surface area (Å²) in [4.78, 5) is 13.6. The lowest BCUT2D eigenvalue weighted by atomic mass is 9.53. The van der Waals surface area contributed by atoms with Gasteiger partial charge in [0, 0.05) is 11.1 Å². The van der Waals surface area contributed by atoms with E-state index in [4.69, 9.17) is 0 Å². The summed E-state index contributed by atoms with van der Waals surface area (Å²) in [6.07, 6.45) is 3.10. The van der Waals surface area contributed by atoms with E-state index in [-0.39, 0.29) is 11.4 Å². The molecule has 0 radical (unpaired) electrons. The minimum absolute atomic E-state index is 0.0144. The second-order valence-electron chi connectivity index (χ2n) is 9.25. The van der Waals surface area contributed by atoms with Gasteiger partial charge < -0.3 is 10.2 Å². The Morgan fingerprint density at radius 2 is 1.59 bits per heavy atom. The largest absolute Gasteiger partial charge is 0.416 e. The van der Waals surface area contributed by atoms with E-state index in [2.05, 4.69) is 5.32 Å². The zero-order valence-electron chi connectivity index (χ0n) is 15.7. The lowest BCUT2D eigenvalue weighted by Crippen LogP contribution is -3.09. The molecule has 1 unspecified atom stereocenters. The zero-order valence-corrected chi connectivity index (χ0v) is 15.7. The highest BCUT2D eigenvalue weighted by Gasteiger charge is 2.51. The lowest BCUT2D eigenvalue weighted by molar-refractivity contribution is -0.885. The van der Waals surface area contributed by atoms with Crippen molar-refractivity contribution in [3.63, 3.8) is 0 Å². The van der Waals surface area contributed by atoms with Crippen molar-refractivity contribution in [3.05, 3.63) is 35.4 Å². The summed E-state index contributed by atoms with van der Waals surface area (Å²) in [6, 6.07) is 5.23. The Morgan fingerprint density at radius 3 is 2.07 bits per heavy atom. The molecule has 3 nitrogen and oxygen atoms in total. The Hall–Kier alpha value is -1.56. The van der Waals surface area contributed by atoms with Crippen LogP contribution < -0.4 is 10.2 Å². The normalized spacial score (nSPS) is 33.1. The van der Waals surface area contributed by atoms with Crippen LogP contribution in [-0.2, 0) is 17.5 Å². The molecule has 27 heavy (non-hydrogen) atoms. The molecule has 1 amide bonds. The first-order valence-corrected chi connectivity index (χ1v) is 9.99. The first kappa shape index (κ1) is 18.8. The molecule has 1 atom stereocenters. The van der Waals surface area contributed by atoms with Crippen LogP contribution >= 0.6 is 0 Å². The van der Waals surface area contributed by atoms with Crippen LogP contribution in [0.1, 0.15) is 49.7 Å². The molecule has 4 saturated carbocycles. The molecule has 0 aliphatic heterocycles. The van der Waals surface area contributed by atoms with Gasteiger partial charge in [-0.2, -0.15) is 13.2 Å². The standard InChI is InChI=1S/C21H27F3N2O/c1-26(12-14-2-4-18(5-3-14)21(22,23)24)13-19(27)25-20-9-15-6-16(10-20)8-17(7-15)11-20/h2-5,15-17H,6-13H2,1H3,(H,25,27)/p+1. The second-order valence-corrected chi connectivity index (χ2v) is 9.25. The average molecular weight is 381 g/mol. The molecule has 4 fully saturated rings. The monoisotopic (exact) mass is 381 g/mol. The molecule has 4 aliphatic rings. The van der Waals surface area contributed by atoms with Crippen LogP contribution in [0.2, 0.25) is 0 Å². The number of rotatable bonds is 5. The third-order valence-electron chi connectivity index (χ3n) is 6.69. The first-order valence-electron chi connectivity index (χ1n) is 9.99. The molecule has 0 heterocycles. The fourth-order valence-electron chi connectivity index (χ4n) is 6.10. The number of nitrogens with one attached hydrogen (secondary N) is 2. The maximum Gasteiger partial charge on any atom is 0.416 e. The fraction of sp³-hybridized carbons (Fsp3) is 0.667. The minimum Gasteiger partial charge on any atom is -0.346 e. The number of halogens is 3. The van der Waals surface area contributed by atoms with Gasteiger partial charge in [0.05, 0.1) is 12.6 Å². The topological polar surface area (TPSA) is 33.5 Å². The van der Waals surface area contributed by atoms with Gasteiger partial charge in [-0.25, -0.2) is 0 Å². The predicted molar refractivity (Wildman–Crippen MR) is 95.9 cm³/mol. The van der Waals surface area contributed by atoms with Gasteiger partial charge in [0.25, 0.3) is 5.91 Å². The molecule has 5 rings (SSSR count). The fourth-order valence-corrected chi connectivity index (χ4v) is 6.10. The van der Waals surface area contributed by atoms with Crippen LogP contribution in [0.5, 0.6) is 0 Å². The van der Waals surface area contributed by atoms with Gasteiger partial charge in [-0.05, 0) is 68.4 Å². The van der Waals surface area contributed by atoms with Crippen molar-refractivity contribution in [1.29, 1.82) is 0 Å². The maximum absolute atomic E-state index is 12.7. The Balaban J connectivity index is 1.31. The second kappa shape index (κ2) is 6.80. The Kier molecular flexibility index (Phi) is 4.73. The summed E-state index contributed by atoms with van der Waals surface area (Å²) in [5.74, 6) is 2.43. The van der Waals surface area contributed by atoms with Crippen molar-refractivity contribution < 1.29 is 22.9 Å². The van der Waals surface area contributed by atoms with Crippen LogP contribution in [0.4, 0.5) is 13.2 Å². The van der Waals surface area contributed by atoms with Gasteiger partial charge in [-0.3, -0.25) is 4.79 Å². The van der Waals surface area contributed by atoms with E-state index < -0.39 is 11.7 Å². The van der Waals surface area contributed by atoms with E-state index >= 15 is 0 Å². The van der Waals surface area contributed by atoms with Gasteiger partial charge >= 0.3 is 6.18 Å². The smallest absolute Gasteiger partial charge is 0.346 e. The van der Waals surface area contributed by atoms with Crippen LogP contribution in [0.15, 0.2) is 24.3 Å². The van der Waals surface area contributed by atoms with E-state index in [1.165, 1.54) is 31.4 Å². The van der Waals surface area contributed by atoms with Crippen molar-refractivity contribution in [2.24, 2.45) is 17.8 Å². The summed E-state index contributed by atoms with van der Waals surface area (Å²) in [5, 5.41) is 3.36. The number of likely N-dealkylation sites (N-methyl/N-ethyl adjacent to an activating group) is 1. The van der Waals surface area contributed by atoms with Crippen LogP contribution in [0, 0.1) is 17.8 Å². The predicted octanol–water partition coefficient (Wildman–Crippen LogP) is 2.81. The number of quaternary nitrogens is 1. The van der Waals surface area contributed by atoms with Crippen molar-refractivity contribution >= 4 is 5.91 Å². The molecule has 1 aromatic carbocycles. The van der Waals surface area contributed by atoms with Gasteiger partial charge in [0.15, 0.2) is 6.54 Å². The summed E-state index contributed by atoms with van der Waals surface area (Å²) in [6.45, 7) is 0.884. The van der Waals surface area contributed by atoms with E-state index in [9.17, 15) is 18.0 Å². The first-order chi connectivity index (χ1) is 12.7. The molecule has 0 aromatic heterocycles. The number of alkyl halides is 3. The number of amides is 1. The van der Waals surface area contributed by atoms with E-state index in [1.807, 2.05) is 7.05 Å². The highest BCUT2D eigenvalue weighted by molar-refractivity contribution is 5.77. The molecule has 0 spiro atoms. The third-order valence-corrected chi connectivity index (χ3v) is 6.69. The van der Waals surface area contributed by atoms with Gasteiger partial charge in [-0.1, -0.05) is 12.1 Å². The van der Waals surface area contributed by atoms with Gasteiger partial charge in [-0.15, -0.1) is 0 Å². The number of carbonyl (C=O) groups is 1. The average Bonchev–Trinajstić information content (AvgIpc) is 2.52. The Labute approximate surface area is 158 Å². The van der Waals surface area contributed by atoms with Crippen molar-refractivity contribution in [2.45, 2.75) is 56.8 Å². The van der Waals surface area contributed by atoms with Crippen molar-refractivity contribution in [2.75, 3.05) is 13.6 Å². The van der Waals surface area contributed by atoms with E-state index in [0.717, 1.165) is 59.6 Å². The molecule has 148 valence electrons. The van der Waals surface area contributed by atoms with Crippen LogP contribution in [0.3, 0.4) is 0 Å². The molecule has 6 heteroatoms. The summed E-state index contributed by atoms with van der Waals surface area (Å²) in [7, 11) is 1.91. The molecule has 4 aliphatic carbocycles. The van der Waals surface area contributed by atoms with E-state index in [0.29, 0.717) is 13.1 Å². The summed E-state index contributed by atoms with van der Waals surface area (Å²) in [5.41, 5.74) is 0.187. The number of carbonyl (C=O) groups excluding carboxylic acids is 1. The third kappa shape index (κ3) is 4.15. The molecule has 1 aromatic rings. The highest BCUT2D eigenvalue weighted by atomic mass is 19.4. The number of hydrogen-bond donors (Lipinski definition) is 2. The van der Waals surface area contributed by atoms with Crippen molar-refractivity contribution in [3.8, 4) is 0 Å². The van der Waals surface area contributed by atoms with Crippen LogP contribution in [0.25, 0.3) is 0 Å². The highest BCUT2D eigenvalue weighted by Crippen LogP contribution is 2.55. The zero-order chi connectivity index (χ0) is 19.2. The molecular weight excluding hydrogens is 353 g/mol.